The molecule has 580 valence electrons. The standard InChI is InChI=1S/C92H138N4O2S7/c1-9-17-25-33-37-45-51-67(49-41-29-21-13-5)61-71-57-59-73(99-71)77-75(65-97)101-91-85-87(103-89(77)91)79-81-82(94-105-93-81)80-84(83(79)95(85)63-69(53-43-31-23-15-7)55-47-39-35-27-19-11-3)96(64-70(54-44-32-24-16-8)56-48-40-36-28-20-12-4)86-88(80)104-90-78(76(66-98)102-92(86)90)74-60-58-72(100-74)62-68(50-42-30-22-14-6)52-46-38-34-26-18-10-2/h57-60,65-70H,9-56,61-64H2,1-8H3. The maximum atomic E-state index is 14.0. The summed E-state index contributed by atoms with van der Waals surface area (Å²) >= 11 is 12.8. The third kappa shape index (κ3) is 22.5. The van der Waals surface area contributed by atoms with E-state index in [1.165, 1.54) is 413 Å². The van der Waals surface area contributed by atoms with E-state index in [0.717, 1.165) is 57.8 Å². The van der Waals surface area contributed by atoms with Gasteiger partial charge in [-0.15, -0.1) is 68.0 Å². The molecule has 0 fully saturated rings. The highest BCUT2D eigenvalue weighted by molar-refractivity contribution is 7.36. The summed E-state index contributed by atoms with van der Waals surface area (Å²) < 4.78 is 24.6. The number of aromatic nitrogens is 4. The third-order valence-electron chi connectivity index (χ3n) is 23.9. The molecule has 0 saturated heterocycles. The minimum absolute atomic E-state index is 0.505. The number of carbonyl (C=O) groups excluding carboxylic acids is 2. The molecule has 0 aliphatic rings. The van der Waals surface area contributed by atoms with Crippen molar-refractivity contribution in [2.75, 3.05) is 0 Å². The minimum Gasteiger partial charge on any atom is -0.337 e. The molecule has 0 radical (unpaired) electrons. The van der Waals surface area contributed by atoms with Crippen LogP contribution in [0.3, 0.4) is 0 Å². The molecule has 0 bridgehead atoms. The van der Waals surface area contributed by atoms with Gasteiger partial charge < -0.3 is 9.13 Å². The Kier molecular flexibility index (Phi) is 36.8. The largest absolute Gasteiger partial charge is 0.337 e. The van der Waals surface area contributed by atoms with Gasteiger partial charge in [-0.05, 0) is 86.5 Å². The molecular formula is C92H138N4O2S7. The Labute approximate surface area is 664 Å². The van der Waals surface area contributed by atoms with Gasteiger partial charge in [0.05, 0.1) is 71.7 Å². The summed E-state index contributed by atoms with van der Waals surface area (Å²) in [5.74, 6) is 2.41. The van der Waals surface area contributed by atoms with Crippen molar-refractivity contribution in [2.24, 2.45) is 23.7 Å². The van der Waals surface area contributed by atoms with Crippen molar-refractivity contribution in [3.05, 3.63) is 43.8 Å². The summed E-state index contributed by atoms with van der Waals surface area (Å²) in [7, 11) is 0. The van der Waals surface area contributed by atoms with Gasteiger partial charge in [-0.25, -0.2) is 0 Å². The van der Waals surface area contributed by atoms with Crippen LogP contribution in [0.1, 0.15) is 393 Å². The second kappa shape index (κ2) is 45.9. The van der Waals surface area contributed by atoms with E-state index in [2.05, 4.69) is 88.8 Å². The van der Waals surface area contributed by atoms with E-state index in [1.807, 2.05) is 45.3 Å². The quantitative estimate of drug-likeness (QED) is 0.0281. The summed E-state index contributed by atoms with van der Waals surface area (Å²) in [6.07, 6.45) is 67.4. The average molecular weight is 1560 g/mol. The SMILES string of the molecule is CCCCCCCCC(CCCCCC)Cc1ccc(-c2c(C=O)sc3c2sc2c4c5nsnc5c5c6sc7c(-c8ccc(CC(CCCCCC)CCCCCCCC)s8)c(C=O)sc7c6n(CC(CCCCCC)CCCCCCCC)c5c4n(CC(CCCCCC)CCCCCCCC)c32)s1. The molecule has 13 heteroatoms. The van der Waals surface area contributed by atoms with Crippen LogP contribution in [0.2, 0.25) is 0 Å². The molecule has 0 saturated carbocycles. The van der Waals surface area contributed by atoms with E-state index in [-0.39, 0.29) is 0 Å². The third-order valence-corrected chi connectivity index (χ3v) is 31.6. The smallest absolute Gasteiger partial charge is 0.160 e. The van der Waals surface area contributed by atoms with Gasteiger partial charge in [0.2, 0.25) is 0 Å². The summed E-state index contributed by atoms with van der Waals surface area (Å²) in [6, 6.07) is 9.65. The van der Waals surface area contributed by atoms with Crippen molar-refractivity contribution in [1.82, 2.24) is 17.9 Å². The fraction of sp³-hybridized carbons (Fsp3) is 0.696. The Morgan fingerprint density at radius 1 is 0.305 bits per heavy atom. The van der Waals surface area contributed by atoms with Crippen molar-refractivity contribution in [3.63, 3.8) is 0 Å². The number of unbranched alkanes of at least 4 members (excludes halogenated alkanes) is 32. The van der Waals surface area contributed by atoms with Gasteiger partial charge >= 0.3 is 0 Å². The minimum atomic E-state index is 0.505. The number of thiophene rings is 6. The maximum Gasteiger partial charge on any atom is 0.160 e. The first-order chi connectivity index (χ1) is 51.8. The number of benzene rings is 1. The zero-order valence-corrected chi connectivity index (χ0v) is 72.7. The van der Waals surface area contributed by atoms with Crippen LogP contribution in [-0.4, -0.2) is 30.5 Å². The molecule has 0 aliphatic heterocycles. The molecule has 0 N–H and O–H groups in total. The Morgan fingerprint density at radius 3 is 0.876 bits per heavy atom. The van der Waals surface area contributed by atoms with Crippen molar-refractivity contribution in [3.8, 4) is 20.9 Å². The highest BCUT2D eigenvalue weighted by Gasteiger charge is 2.34. The van der Waals surface area contributed by atoms with Gasteiger partial charge in [0.15, 0.2) is 12.6 Å². The fourth-order valence-corrected chi connectivity index (χ4v) is 26.6. The molecule has 1 aromatic carbocycles. The van der Waals surface area contributed by atoms with Gasteiger partial charge in [0.25, 0.3) is 0 Å². The number of rotatable bonds is 60. The van der Waals surface area contributed by atoms with Crippen molar-refractivity contribution in [2.45, 2.75) is 390 Å². The number of fused-ring (bicyclic) bond motifs is 14. The molecule has 9 aromatic heterocycles. The summed E-state index contributed by atoms with van der Waals surface area (Å²) in [5, 5.41) is 2.55. The number of nitrogens with zero attached hydrogens (tertiary/aromatic N) is 4. The lowest BCUT2D eigenvalue weighted by molar-refractivity contribution is 0.111. The molecule has 4 unspecified atom stereocenters. The molecule has 6 nitrogen and oxygen atoms in total. The lowest BCUT2D eigenvalue weighted by Crippen LogP contribution is -2.14. The molecule has 0 amide bonds. The first kappa shape index (κ1) is 84.2. The van der Waals surface area contributed by atoms with E-state index in [4.69, 9.17) is 8.75 Å². The number of hydrogen-bond acceptors (Lipinski definition) is 11. The normalized spacial score (nSPS) is 13.5. The Morgan fingerprint density at radius 2 is 0.581 bits per heavy atom. The fourth-order valence-electron chi connectivity index (χ4n) is 17.8. The summed E-state index contributed by atoms with van der Waals surface area (Å²) in [5.41, 5.74) is 9.74. The lowest BCUT2D eigenvalue weighted by atomic mass is 9.91. The van der Waals surface area contributed by atoms with E-state index < -0.39 is 0 Å². The van der Waals surface area contributed by atoms with Gasteiger partial charge in [0.1, 0.15) is 11.0 Å². The van der Waals surface area contributed by atoms with Crippen molar-refractivity contribution in [1.29, 1.82) is 0 Å². The second-order valence-corrected chi connectivity index (χ2v) is 39.5. The molecule has 10 rings (SSSR count). The van der Waals surface area contributed by atoms with E-state index in [0.29, 0.717) is 23.7 Å². The topological polar surface area (TPSA) is 69.8 Å². The molecule has 0 aliphatic carbocycles. The molecule has 4 atom stereocenters. The molecular weight excluding hydrogens is 1420 g/mol. The van der Waals surface area contributed by atoms with E-state index in [9.17, 15) is 9.59 Å². The zero-order chi connectivity index (χ0) is 73.5. The molecule has 10 aromatic rings. The van der Waals surface area contributed by atoms with Crippen LogP contribution in [0.25, 0.3) is 93.0 Å². The van der Waals surface area contributed by atoms with Gasteiger partial charge in [-0.2, -0.15) is 8.75 Å². The number of hydrogen-bond donors (Lipinski definition) is 0. The van der Waals surface area contributed by atoms with Gasteiger partial charge in [-0.1, -0.05) is 338 Å². The first-order valence-corrected chi connectivity index (χ1v) is 49.6. The van der Waals surface area contributed by atoms with Crippen LogP contribution in [0.15, 0.2) is 24.3 Å². The maximum absolute atomic E-state index is 14.0. The monoisotopic (exact) mass is 1550 g/mol. The average Bonchev–Trinajstić information content (AvgIpc) is 1.51. The van der Waals surface area contributed by atoms with Crippen LogP contribution in [0.4, 0.5) is 0 Å². The van der Waals surface area contributed by atoms with Crippen LogP contribution in [-0.2, 0) is 25.9 Å². The zero-order valence-electron chi connectivity index (χ0n) is 67.0. The van der Waals surface area contributed by atoms with E-state index in [1.54, 1.807) is 22.7 Å². The van der Waals surface area contributed by atoms with Crippen molar-refractivity contribution >= 4 is 164 Å². The second-order valence-electron chi connectivity index (χ2n) is 32.5. The van der Waals surface area contributed by atoms with Crippen LogP contribution < -0.4 is 0 Å². The highest BCUT2D eigenvalue weighted by atomic mass is 32.1. The van der Waals surface area contributed by atoms with Crippen LogP contribution in [0.5, 0.6) is 0 Å². The number of aldehydes is 2. The van der Waals surface area contributed by atoms with Crippen LogP contribution in [0, 0.1) is 23.7 Å². The Hall–Kier alpha value is -3.30. The summed E-state index contributed by atoms with van der Waals surface area (Å²) in [6.45, 7) is 20.6. The van der Waals surface area contributed by atoms with Crippen LogP contribution >= 0.6 is 79.7 Å². The molecule has 9 heterocycles. The molecule has 0 spiro atoms. The predicted octanol–water partition coefficient (Wildman–Crippen LogP) is 34.0. The summed E-state index contributed by atoms with van der Waals surface area (Å²) in [4.78, 5) is 35.1. The van der Waals surface area contributed by atoms with Gasteiger partial charge in [0, 0.05) is 54.5 Å². The Balaban J connectivity index is 1.17. The lowest BCUT2D eigenvalue weighted by Gasteiger charge is -2.22. The molecule has 105 heavy (non-hydrogen) atoms. The number of carbonyl (C=O) groups is 2. The predicted molar refractivity (Wildman–Crippen MR) is 476 cm³/mol. The Bertz CT molecular complexity index is 3870. The van der Waals surface area contributed by atoms with Gasteiger partial charge in [-0.3, -0.25) is 9.59 Å². The first-order valence-electron chi connectivity index (χ1n) is 43.9. The van der Waals surface area contributed by atoms with Crippen molar-refractivity contribution < 1.29 is 9.59 Å². The highest BCUT2D eigenvalue weighted by Crippen LogP contribution is 2.57. The van der Waals surface area contributed by atoms with E-state index >= 15 is 0 Å².